The maximum Gasteiger partial charge on any atom is 0.229 e. The average molecular weight is 399 g/mol. The first-order valence-electron chi connectivity index (χ1n) is 9.38. The summed E-state index contributed by atoms with van der Waals surface area (Å²) in [7, 11) is 0. The summed E-state index contributed by atoms with van der Waals surface area (Å²) in [5.41, 5.74) is 2.41. The minimum absolute atomic E-state index is 0.0751. The van der Waals surface area contributed by atoms with Gasteiger partial charge >= 0.3 is 0 Å². The van der Waals surface area contributed by atoms with Gasteiger partial charge in [0.2, 0.25) is 5.95 Å². The zero-order chi connectivity index (χ0) is 20.4. The van der Waals surface area contributed by atoms with Crippen LogP contribution in [-0.2, 0) is 0 Å². The van der Waals surface area contributed by atoms with E-state index in [1.807, 2.05) is 12.1 Å². The molecule has 0 aliphatic carbocycles. The van der Waals surface area contributed by atoms with Crippen molar-refractivity contribution in [3.8, 4) is 0 Å². The normalized spacial score (nSPS) is 13.6. The van der Waals surface area contributed by atoms with Gasteiger partial charge < -0.3 is 15.5 Å². The number of rotatable bonds is 5. The number of anilines is 5. The molecule has 0 spiro atoms. The lowest BCUT2D eigenvalue weighted by molar-refractivity contribution is 0.449. The van der Waals surface area contributed by atoms with Gasteiger partial charge in [0.25, 0.3) is 0 Å². The van der Waals surface area contributed by atoms with E-state index in [0.717, 1.165) is 30.9 Å². The minimum atomic E-state index is -1.54. The van der Waals surface area contributed by atoms with Crippen LogP contribution in [0.5, 0.6) is 0 Å². The SMILES string of the molecule is Cc1cc(Nc2ccc(N3CCCC3)cc2)nc(Nc2ccc(F)c(F)c2F)n1. The number of aryl methyl sites for hydroxylation is 1. The highest BCUT2D eigenvalue weighted by atomic mass is 19.2. The Balaban J connectivity index is 1.52. The second kappa shape index (κ2) is 7.98. The minimum Gasteiger partial charge on any atom is -0.372 e. The molecule has 2 heterocycles. The van der Waals surface area contributed by atoms with Gasteiger partial charge in [0, 0.05) is 36.2 Å². The average Bonchev–Trinajstić information content (AvgIpc) is 3.23. The lowest BCUT2D eigenvalue weighted by Gasteiger charge is -2.18. The van der Waals surface area contributed by atoms with Crippen molar-refractivity contribution < 1.29 is 13.2 Å². The number of aromatic nitrogens is 2. The highest BCUT2D eigenvalue weighted by molar-refractivity contribution is 5.63. The molecule has 4 rings (SSSR count). The van der Waals surface area contributed by atoms with Crippen LogP contribution < -0.4 is 15.5 Å². The predicted octanol–water partition coefficient (Wildman–Crippen LogP) is 5.29. The summed E-state index contributed by atoms with van der Waals surface area (Å²) in [6.07, 6.45) is 2.43. The number of hydrogen-bond donors (Lipinski definition) is 2. The molecule has 0 saturated carbocycles. The van der Waals surface area contributed by atoms with E-state index < -0.39 is 17.5 Å². The molecule has 0 unspecified atom stereocenters. The topological polar surface area (TPSA) is 53.1 Å². The fraction of sp³-hybridized carbons (Fsp3) is 0.238. The van der Waals surface area contributed by atoms with Crippen LogP contribution in [0.1, 0.15) is 18.5 Å². The number of hydrogen-bond acceptors (Lipinski definition) is 5. The molecule has 3 aromatic rings. The number of benzene rings is 2. The van der Waals surface area contributed by atoms with E-state index in [4.69, 9.17) is 0 Å². The van der Waals surface area contributed by atoms with Crippen LogP contribution in [0.2, 0.25) is 0 Å². The Labute approximate surface area is 166 Å². The number of nitrogens with one attached hydrogen (secondary N) is 2. The van der Waals surface area contributed by atoms with Gasteiger partial charge in [-0.2, -0.15) is 4.98 Å². The molecule has 5 nitrogen and oxygen atoms in total. The van der Waals surface area contributed by atoms with E-state index in [2.05, 4.69) is 37.6 Å². The molecule has 1 aliphatic heterocycles. The Morgan fingerprint density at radius 3 is 2.31 bits per heavy atom. The zero-order valence-corrected chi connectivity index (χ0v) is 15.8. The van der Waals surface area contributed by atoms with Gasteiger partial charge in [-0.05, 0) is 56.2 Å². The molecule has 1 aliphatic rings. The maximum absolute atomic E-state index is 13.9. The summed E-state index contributed by atoms with van der Waals surface area (Å²) in [5.74, 6) is -3.54. The Hall–Kier alpha value is -3.29. The van der Waals surface area contributed by atoms with Gasteiger partial charge in [-0.3, -0.25) is 0 Å². The highest BCUT2D eigenvalue weighted by Gasteiger charge is 2.15. The van der Waals surface area contributed by atoms with Crippen molar-refractivity contribution in [3.05, 3.63) is 65.6 Å². The molecule has 0 bridgehead atoms. The molecule has 0 radical (unpaired) electrons. The van der Waals surface area contributed by atoms with Gasteiger partial charge in [-0.25, -0.2) is 18.2 Å². The summed E-state index contributed by atoms with van der Waals surface area (Å²) < 4.78 is 40.5. The van der Waals surface area contributed by atoms with E-state index in [1.54, 1.807) is 13.0 Å². The highest BCUT2D eigenvalue weighted by Crippen LogP contribution is 2.25. The van der Waals surface area contributed by atoms with Gasteiger partial charge in [0.1, 0.15) is 5.82 Å². The molecule has 0 amide bonds. The van der Waals surface area contributed by atoms with E-state index >= 15 is 0 Å². The Morgan fingerprint density at radius 2 is 1.59 bits per heavy atom. The first-order valence-corrected chi connectivity index (χ1v) is 9.38. The number of halogens is 3. The van der Waals surface area contributed by atoms with Crippen molar-refractivity contribution in [3.63, 3.8) is 0 Å². The zero-order valence-electron chi connectivity index (χ0n) is 15.8. The number of nitrogens with zero attached hydrogens (tertiary/aromatic N) is 3. The van der Waals surface area contributed by atoms with Crippen molar-refractivity contribution in [2.45, 2.75) is 19.8 Å². The Morgan fingerprint density at radius 1 is 0.862 bits per heavy atom. The quantitative estimate of drug-likeness (QED) is 0.571. The molecular weight excluding hydrogens is 379 g/mol. The summed E-state index contributed by atoms with van der Waals surface area (Å²) in [4.78, 5) is 10.8. The van der Waals surface area contributed by atoms with Crippen molar-refractivity contribution in [2.24, 2.45) is 0 Å². The first kappa shape index (κ1) is 19.0. The molecule has 2 N–H and O–H groups in total. The van der Waals surface area contributed by atoms with Gasteiger partial charge in [-0.15, -0.1) is 0 Å². The molecule has 150 valence electrons. The van der Waals surface area contributed by atoms with Crippen LogP contribution in [0.3, 0.4) is 0 Å². The van der Waals surface area contributed by atoms with E-state index in [0.29, 0.717) is 11.5 Å². The second-order valence-corrected chi connectivity index (χ2v) is 6.93. The van der Waals surface area contributed by atoms with Crippen LogP contribution in [0.4, 0.5) is 42.0 Å². The monoisotopic (exact) mass is 399 g/mol. The van der Waals surface area contributed by atoms with Gasteiger partial charge in [0.15, 0.2) is 17.5 Å². The van der Waals surface area contributed by atoms with Crippen molar-refractivity contribution in [2.75, 3.05) is 28.6 Å². The van der Waals surface area contributed by atoms with Gasteiger partial charge in [0.05, 0.1) is 5.69 Å². The second-order valence-electron chi connectivity index (χ2n) is 6.93. The summed E-state index contributed by atoms with van der Waals surface area (Å²) >= 11 is 0. The van der Waals surface area contributed by atoms with E-state index in [1.165, 1.54) is 18.5 Å². The van der Waals surface area contributed by atoms with Crippen molar-refractivity contribution in [1.29, 1.82) is 0 Å². The molecule has 29 heavy (non-hydrogen) atoms. The summed E-state index contributed by atoms with van der Waals surface area (Å²) in [5, 5.41) is 5.79. The largest absolute Gasteiger partial charge is 0.372 e. The third-order valence-electron chi connectivity index (χ3n) is 4.75. The fourth-order valence-corrected chi connectivity index (χ4v) is 3.31. The third-order valence-corrected chi connectivity index (χ3v) is 4.75. The summed E-state index contributed by atoms with van der Waals surface area (Å²) in [6.45, 7) is 3.91. The van der Waals surface area contributed by atoms with Crippen LogP contribution in [0, 0.1) is 24.4 Å². The molecule has 0 atom stereocenters. The lowest BCUT2D eigenvalue weighted by Crippen LogP contribution is -2.17. The molecular formula is C21H20F3N5. The molecule has 1 fully saturated rings. The molecule has 2 aromatic carbocycles. The van der Waals surface area contributed by atoms with E-state index in [-0.39, 0.29) is 11.6 Å². The fourth-order valence-electron chi connectivity index (χ4n) is 3.31. The summed E-state index contributed by atoms with van der Waals surface area (Å²) in [6, 6.07) is 11.7. The van der Waals surface area contributed by atoms with Crippen molar-refractivity contribution >= 4 is 28.8 Å². The van der Waals surface area contributed by atoms with Crippen LogP contribution >= 0.6 is 0 Å². The maximum atomic E-state index is 13.9. The van der Waals surface area contributed by atoms with Crippen molar-refractivity contribution in [1.82, 2.24) is 9.97 Å². The Kier molecular flexibility index (Phi) is 5.24. The molecule has 8 heteroatoms. The third kappa shape index (κ3) is 4.26. The molecule has 1 saturated heterocycles. The predicted molar refractivity (Wildman–Crippen MR) is 108 cm³/mol. The lowest BCUT2D eigenvalue weighted by atomic mass is 10.2. The van der Waals surface area contributed by atoms with Crippen LogP contribution in [0.25, 0.3) is 0 Å². The molecule has 1 aromatic heterocycles. The Bertz CT molecular complexity index is 1020. The van der Waals surface area contributed by atoms with Crippen LogP contribution in [-0.4, -0.2) is 23.1 Å². The van der Waals surface area contributed by atoms with Gasteiger partial charge in [-0.1, -0.05) is 0 Å². The first-order chi connectivity index (χ1) is 14.0. The van der Waals surface area contributed by atoms with Crippen LogP contribution in [0.15, 0.2) is 42.5 Å². The smallest absolute Gasteiger partial charge is 0.229 e. The standard InChI is InChI=1S/C21H20F3N5/c1-13-12-18(26-14-4-6-15(7-5-14)29-10-2-3-11-29)28-21(25-13)27-17-9-8-16(22)19(23)20(17)24/h4-9,12H,2-3,10-11H2,1H3,(H2,25,26,27,28). The van der Waals surface area contributed by atoms with E-state index in [9.17, 15) is 13.2 Å².